The molecule has 0 spiro atoms. The van der Waals surface area contributed by atoms with Crippen LogP contribution in [0.3, 0.4) is 0 Å². The lowest BCUT2D eigenvalue weighted by Gasteiger charge is -2.23. The summed E-state index contributed by atoms with van der Waals surface area (Å²) in [6.07, 6.45) is 1.84. The molecule has 0 aliphatic carbocycles. The van der Waals surface area contributed by atoms with Crippen molar-refractivity contribution in [2.75, 3.05) is 6.61 Å². The summed E-state index contributed by atoms with van der Waals surface area (Å²) in [5, 5.41) is 1.93. The number of thiazole rings is 1. The van der Waals surface area contributed by atoms with Crippen molar-refractivity contribution in [1.29, 1.82) is 0 Å². The Labute approximate surface area is 243 Å². The number of aromatic nitrogens is 1. The molecule has 38 heavy (non-hydrogen) atoms. The normalized spacial score (nSPS) is 15.3. The van der Waals surface area contributed by atoms with Gasteiger partial charge in [0.15, 0.2) is 4.80 Å². The van der Waals surface area contributed by atoms with E-state index in [0.29, 0.717) is 33.0 Å². The number of carbonyl (C=O) groups is 1. The zero-order chi connectivity index (χ0) is 26.8. The molecule has 5 rings (SSSR count). The summed E-state index contributed by atoms with van der Waals surface area (Å²) in [4.78, 5) is 32.6. The van der Waals surface area contributed by atoms with Gasteiger partial charge in [0.25, 0.3) is 5.56 Å². The lowest BCUT2D eigenvalue weighted by Crippen LogP contribution is -2.39. The van der Waals surface area contributed by atoms with Crippen molar-refractivity contribution in [1.82, 2.24) is 4.57 Å². The SMILES string of the molecule is CCOC(=O)C1=C(C)N=c2s/c(=C\c3ccc(OCc4ccc(Br)cc4)c(Br)c3)c(=O)n2[C@@H]1c1cccs1. The molecule has 10 heteroatoms. The molecular formula is C28H22Br2N2O4S2. The van der Waals surface area contributed by atoms with E-state index in [9.17, 15) is 9.59 Å². The molecule has 2 aromatic carbocycles. The molecule has 194 valence electrons. The van der Waals surface area contributed by atoms with Gasteiger partial charge in [0.2, 0.25) is 0 Å². The first kappa shape index (κ1) is 26.8. The molecular weight excluding hydrogens is 652 g/mol. The second-order valence-corrected chi connectivity index (χ2v) is 12.2. The zero-order valence-electron chi connectivity index (χ0n) is 20.4. The molecule has 0 saturated carbocycles. The number of nitrogens with zero attached hydrogens (tertiary/aromatic N) is 2. The lowest BCUT2D eigenvalue weighted by molar-refractivity contribution is -0.139. The van der Waals surface area contributed by atoms with Crippen LogP contribution in [0.1, 0.15) is 35.9 Å². The van der Waals surface area contributed by atoms with Gasteiger partial charge in [-0.3, -0.25) is 9.36 Å². The van der Waals surface area contributed by atoms with Gasteiger partial charge < -0.3 is 9.47 Å². The molecule has 0 saturated heterocycles. The van der Waals surface area contributed by atoms with Crippen LogP contribution >= 0.6 is 54.5 Å². The summed E-state index contributed by atoms with van der Waals surface area (Å²) >= 11 is 9.83. The second kappa shape index (κ2) is 11.5. The van der Waals surface area contributed by atoms with Crippen LogP contribution in [-0.4, -0.2) is 17.1 Å². The Morgan fingerprint density at radius 3 is 2.63 bits per heavy atom. The third-order valence-corrected chi connectivity index (χ3v) is 8.95. The molecule has 6 nitrogen and oxygen atoms in total. The highest BCUT2D eigenvalue weighted by atomic mass is 79.9. The van der Waals surface area contributed by atoms with Crippen molar-refractivity contribution in [2.24, 2.45) is 4.99 Å². The monoisotopic (exact) mass is 672 g/mol. The Bertz CT molecular complexity index is 1700. The van der Waals surface area contributed by atoms with Crippen molar-refractivity contribution >= 4 is 66.6 Å². The number of halogens is 2. The van der Waals surface area contributed by atoms with Gasteiger partial charge in [-0.2, -0.15) is 0 Å². The van der Waals surface area contributed by atoms with E-state index in [2.05, 4.69) is 36.9 Å². The van der Waals surface area contributed by atoms with E-state index in [1.807, 2.05) is 66.1 Å². The van der Waals surface area contributed by atoms with Gasteiger partial charge in [-0.25, -0.2) is 9.79 Å². The molecule has 0 fully saturated rings. The molecule has 4 aromatic rings. The van der Waals surface area contributed by atoms with Crippen LogP contribution in [0.25, 0.3) is 6.08 Å². The maximum absolute atomic E-state index is 13.7. The molecule has 0 bridgehead atoms. The Hall–Kier alpha value is -2.79. The first-order valence-electron chi connectivity index (χ1n) is 11.8. The van der Waals surface area contributed by atoms with Crippen LogP contribution in [0.2, 0.25) is 0 Å². The zero-order valence-corrected chi connectivity index (χ0v) is 25.2. The number of hydrogen-bond acceptors (Lipinski definition) is 7. The van der Waals surface area contributed by atoms with Crippen LogP contribution in [0.15, 0.2) is 90.0 Å². The number of ether oxygens (including phenoxy) is 2. The number of hydrogen-bond donors (Lipinski definition) is 0. The number of fused-ring (bicyclic) bond motifs is 1. The number of benzene rings is 2. The van der Waals surface area contributed by atoms with E-state index in [4.69, 9.17) is 9.47 Å². The molecule has 3 heterocycles. The topological polar surface area (TPSA) is 69.9 Å². The second-order valence-electron chi connectivity index (χ2n) is 8.42. The molecule has 0 N–H and O–H groups in total. The summed E-state index contributed by atoms with van der Waals surface area (Å²) in [6.45, 7) is 4.23. The minimum atomic E-state index is -0.575. The average molecular weight is 674 g/mol. The minimum Gasteiger partial charge on any atom is -0.488 e. The van der Waals surface area contributed by atoms with Gasteiger partial charge in [0.1, 0.15) is 18.4 Å². The van der Waals surface area contributed by atoms with Crippen molar-refractivity contribution in [2.45, 2.75) is 26.5 Å². The molecule has 0 unspecified atom stereocenters. The third-order valence-electron chi connectivity index (χ3n) is 5.89. The highest BCUT2D eigenvalue weighted by Crippen LogP contribution is 2.33. The summed E-state index contributed by atoms with van der Waals surface area (Å²) < 4.78 is 15.2. The summed E-state index contributed by atoms with van der Waals surface area (Å²) in [7, 11) is 0. The Morgan fingerprint density at radius 1 is 1.16 bits per heavy atom. The van der Waals surface area contributed by atoms with Gasteiger partial charge in [0.05, 0.1) is 26.9 Å². The van der Waals surface area contributed by atoms with Gasteiger partial charge in [-0.05, 0) is 82.7 Å². The fourth-order valence-corrected chi connectivity index (χ4v) is 6.77. The predicted octanol–water partition coefficient (Wildman–Crippen LogP) is 5.96. The van der Waals surface area contributed by atoms with Crippen LogP contribution in [-0.2, 0) is 16.1 Å². The van der Waals surface area contributed by atoms with Crippen molar-refractivity contribution in [3.63, 3.8) is 0 Å². The largest absolute Gasteiger partial charge is 0.488 e. The molecule has 1 aliphatic heterocycles. The van der Waals surface area contributed by atoms with Crippen molar-refractivity contribution < 1.29 is 14.3 Å². The van der Waals surface area contributed by atoms with Crippen LogP contribution in [0, 0.1) is 0 Å². The summed E-state index contributed by atoms with van der Waals surface area (Å²) in [6, 6.07) is 16.9. The van der Waals surface area contributed by atoms with E-state index < -0.39 is 12.0 Å². The van der Waals surface area contributed by atoms with Gasteiger partial charge in [-0.15, -0.1) is 11.3 Å². The molecule has 0 radical (unpaired) electrons. The number of thiophene rings is 1. The smallest absolute Gasteiger partial charge is 0.338 e. The molecule has 0 amide bonds. The predicted molar refractivity (Wildman–Crippen MR) is 157 cm³/mol. The van der Waals surface area contributed by atoms with Gasteiger partial charge >= 0.3 is 5.97 Å². The van der Waals surface area contributed by atoms with Gasteiger partial charge in [-0.1, -0.05) is 51.5 Å². The number of allylic oxidation sites excluding steroid dienone is 1. The van der Waals surface area contributed by atoms with E-state index in [1.54, 1.807) is 18.4 Å². The van der Waals surface area contributed by atoms with Gasteiger partial charge in [0, 0.05) is 9.35 Å². The maximum atomic E-state index is 13.7. The maximum Gasteiger partial charge on any atom is 0.338 e. The van der Waals surface area contributed by atoms with E-state index >= 15 is 0 Å². The third kappa shape index (κ3) is 5.49. The Kier molecular flexibility index (Phi) is 8.13. The van der Waals surface area contributed by atoms with E-state index in [0.717, 1.165) is 24.9 Å². The van der Waals surface area contributed by atoms with Crippen molar-refractivity contribution in [3.8, 4) is 5.75 Å². The van der Waals surface area contributed by atoms with Crippen LogP contribution < -0.4 is 19.6 Å². The number of esters is 1. The number of rotatable bonds is 7. The highest BCUT2D eigenvalue weighted by molar-refractivity contribution is 9.10. The van der Waals surface area contributed by atoms with E-state index in [-0.39, 0.29) is 12.2 Å². The standard InChI is InChI=1S/C28H22Br2N2O4S2/c1-3-35-27(34)24-16(2)31-28-32(25(24)22-5-4-12-37-22)26(33)23(38-28)14-18-8-11-21(20(30)13-18)36-15-17-6-9-19(29)10-7-17/h4-14,25H,3,15H2,1-2H3/b23-14-/t25-/m1/s1. The summed E-state index contributed by atoms with van der Waals surface area (Å²) in [5.41, 5.74) is 2.65. The Morgan fingerprint density at radius 2 is 1.95 bits per heavy atom. The van der Waals surface area contributed by atoms with Crippen LogP contribution in [0.5, 0.6) is 5.75 Å². The summed E-state index contributed by atoms with van der Waals surface area (Å²) in [5.74, 6) is 0.253. The molecule has 2 aromatic heterocycles. The highest BCUT2D eigenvalue weighted by Gasteiger charge is 2.33. The number of carbonyl (C=O) groups excluding carboxylic acids is 1. The average Bonchev–Trinajstić information content (AvgIpc) is 3.52. The minimum absolute atomic E-state index is 0.201. The van der Waals surface area contributed by atoms with Crippen molar-refractivity contribution in [3.05, 3.63) is 116 Å². The lowest BCUT2D eigenvalue weighted by atomic mass is 10.0. The molecule has 1 atom stereocenters. The fraction of sp³-hybridized carbons (Fsp3) is 0.179. The first-order valence-corrected chi connectivity index (χ1v) is 15.0. The van der Waals surface area contributed by atoms with Crippen LogP contribution in [0.4, 0.5) is 0 Å². The van der Waals surface area contributed by atoms with E-state index in [1.165, 1.54) is 22.7 Å². The molecule has 1 aliphatic rings. The quantitative estimate of drug-likeness (QED) is 0.227. The Balaban J connectivity index is 1.49. The first-order chi connectivity index (χ1) is 18.4. The fourth-order valence-electron chi connectivity index (χ4n) is 4.12.